The van der Waals surface area contributed by atoms with E-state index in [4.69, 9.17) is 12.2 Å². The van der Waals surface area contributed by atoms with Crippen LogP contribution in [0.2, 0.25) is 0 Å². The van der Waals surface area contributed by atoms with E-state index in [0.29, 0.717) is 11.2 Å². The normalized spacial score (nSPS) is 12.2. The monoisotopic (exact) mass is 334 g/mol. The molecule has 0 aliphatic carbocycles. The summed E-state index contributed by atoms with van der Waals surface area (Å²) in [5.41, 5.74) is 3.50. The summed E-state index contributed by atoms with van der Waals surface area (Å²) in [5, 5.41) is 9.46. The number of anilines is 1. The molecule has 0 aliphatic rings. The van der Waals surface area contributed by atoms with Crippen LogP contribution in [0, 0.1) is 13.8 Å². The lowest BCUT2D eigenvalue weighted by Gasteiger charge is -2.22. The number of likely N-dealkylation sites (N-methyl/N-ethyl adjacent to an activating group) is 1. The fourth-order valence-electron chi connectivity index (χ4n) is 2.31. The number of quaternary nitrogens is 1. The summed E-state index contributed by atoms with van der Waals surface area (Å²) >= 11 is 7.24. The number of thiophene rings is 1. The molecule has 0 saturated heterocycles. The highest BCUT2D eigenvalue weighted by molar-refractivity contribution is 7.80. The van der Waals surface area contributed by atoms with Gasteiger partial charge in [-0.2, -0.15) is 0 Å². The number of aryl methyl sites for hydroxylation is 2. The summed E-state index contributed by atoms with van der Waals surface area (Å²) in [4.78, 5) is 2.77. The van der Waals surface area contributed by atoms with E-state index in [1.54, 1.807) is 11.3 Å². The standard InChI is InChI=1S/C17H23N3S2/c1-12-7-8-13(2)14(10-12)19-17(21)18-11-15(20(3)4)16-6-5-9-22-16/h5-10,15H,11H2,1-4H3,(H2,18,19,21)/p+1/t15-/m1/s1. The molecule has 1 aromatic heterocycles. The summed E-state index contributed by atoms with van der Waals surface area (Å²) in [7, 11) is 4.35. The van der Waals surface area contributed by atoms with Crippen molar-refractivity contribution in [3.8, 4) is 0 Å². The molecule has 0 spiro atoms. The molecule has 0 bridgehead atoms. The van der Waals surface area contributed by atoms with Crippen molar-refractivity contribution in [3.05, 3.63) is 51.7 Å². The molecule has 3 N–H and O–H groups in total. The van der Waals surface area contributed by atoms with Crippen molar-refractivity contribution in [2.75, 3.05) is 26.0 Å². The molecule has 0 radical (unpaired) electrons. The van der Waals surface area contributed by atoms with Crippen LogP contribution in [0.3, 0.4) is 0 Å². The highest BCUT2D eigenvalue weighted by atomic mass is 32.1. The largest absolute Gasteiger partial charge is 0.356 e. The second kappa shape index (κ2) is 7.72. The Labute approximate surface area is 142 Å². The molecule has 22 heavy (non-hydrogen) atoms. The molecule has 0 unspecified atom stereocenters. The van der Waals surface area contributed by atoms with E-state index in [0.717, 1.165) is 12.2 Å². The first-order valence-electron chi connectivity index (χ1n) is 7.43. The van der Waals surface area contributed by atoms with Crippen LogP contribution in [0.1, 0.15) is 22.0 Å². The fraction of sp³-hybridized carbons (Fsp3) is 0.353. The van der Waals surface area contributed by atoms with Gasteiger partial charge in [0.15, 0.2) is 5.11 Å². The topological polar surface area (TPSA) is 28.5 Å². The van der Waals surface area contributed by atoms with Crippen LogP contribution in [-0.4, -0.2) is 25.8 Å². The van der Waals surface area contributed by atoms with Gasteiger partial charge in [0, 0.05) is 5.69 Å². The highest BCUT2D eigenvalue weighted by Crippen LogP contribution is 2.17. The highest BCUT2D eigenvalue weighted by Gasteiger charge is 2.18. The molecule has 0 saturated carbocycles. The minimum absolute atomic E-state index is 0.401. The second-order valence-corrected chi connectivity index (χ2v) is 7.19. The maximum Gasteiger partial charge on any atom is 0.171 e. The zero-order valence-corrected chi connectivity index (χ0v) is 15.2. The van der Waals surface area contributed by atoms with Gasteiger partial charge in [0.25, 0.3) is 0 Å². The fourth-order valence-corrected chi connectivity index (χ4v) is 3.46. The predicted octanol–water partition coefficient (Wildman–Crippen LogP) is 2.54. The van der Waals surface area contributed by atoms with Crippen molar-refractivity contribution >= 4 is 34.4 Å². The number of rotatable bonds is 5. The number of thiocarbonyl (C=S) groups is 1. The minimum atomic E-state index is 0.401. The molecule has 1 heterocycles. The van der Waals surface area contributed by atoms with E-state index < -0.39 is 0 Å². The summed E-state index contributed by atoms with van der Waals surface area (Å²) < 4.78 is 0. The van der Waals surface area contributed by atoms with Gasteiger partial charge in [-0.25, -0.2) is 0 Å². The molecule has 1 aromatic carbocycles. The predicted molar refractivity (Wildman–Crippen MR) is 100 cm³/mol. The first-order chi connectivity index (χ1) is 10.5. The van der Waals surface area contributed by atoms with E-state index in [2.05, 4.69) is 74.3 Å². The summed E-state index contributed by atoms with van der Waals surface area (Å²) in [6.07, 6.45) is 0. The van der Waals surface area contributed by atoms with Gasteiger partial charge in [-0.1, -0.05) is 18.2 Å². The molecule has 0 fully saturated rings. The van der Waals surface area contributed by atoms with Gasteiger partial charge < -0.3 is 15.5 Å². The van der Waals surface area contributed by atoms with E-state index in [9.17, 15) is 0 Å². The molecule has 1 atom stereocenters. The van der Waals surface area contributed by atoms with Crippen molar-refractivity contribution in [3.63, 3.8) is 0 Å². The Kier molecular flexibility index (Phi) is 5.94. The van der Waals surface area contributed by atoms with Crippen LogP contribution in [-0.2, 0) is 0 Å². The van der Waals surface area contributed by atoms with E-state index >= 15 is 0 Å². The van der Waals surface area contributed by atoms with Crippen LogP contribution >= 0.6 is 23.6 Å². The Morgan fingerprint density at radius 2 is 2.05 bits per heavy atom. The van der Waals surface area contributed by atoms with Gasteiger partial charge >= 0.3 is 0 Å². The zero-order chi connectivity index (χ0) is 16.1. The third-order valence-electron chi connectivity index (χ3n) is 3.69. The number of nitrogens with one attached hydrogen (secondary N) is 3. The summed E-state index contributed by atoms with van der Waals surface area (Å²) in [6, 6.07) is 11.0. The smallest absolute Gasteiger partial charge is 0.171 e. The third-order valence-corrected chi connectivity index (χ3v) is 4.92. The van der Waals surface area contributed by atoms with Gasteiger partial charge in [-0.3, -0.25) is 0 Å². The lowest BCUT2D eigenvalue weighted by Crippen LogP contribution is -3.06. The molecular formula is C17H24N3S2+. The average Bonchev–Trinajstić information content (AvgIpc) is 2.96. The molecule has 5 heteroatoms. The van der Waals surface area contributed by atoms with Crippen LogP contribution < -0.4 is 15.5 Å². The zero-order valence-electron chi connectivity index (χ0n) is 13.6. The Balaban J connectivity index is 1.95. The molecule has 2 rings (SSSR count). The Bertz CT molecular complexity index is 621. The lowest BCUT2D eigenvalue weighted by molar-refractivity contribution is -0.890. The Morgan fingerprint density at radius 1 is 1.27 bits per heavy atom. The van der Waals surface area contributed by atoms with Crippen molar-refractivity contribution in [2.24, 2.45) is 0 Å². The number of hydrogen-bond acceptors (Lipinski definition) is 2. The first-order valence-corrected chi connectivity index (χ1v) is 8.71. The first kappa shape index (κ1) is 16.9. The van der Waals surface area contributed by atoms with E-state index in [-0.39, 0.29) is 0 Å². The lowest BCUT2D eigenvalue weighted by atomic mass is 10.1. The van der Waals surface area contributed by atoms with Crippen molar-refractivity contribution in [1.82, 2.24) is 5.32 Å². The molecule has 2 aromatic rings. The van der Waals surface area contributed by atoms with Gasteiger partial charge in [0.2, 0.25) is 0 Å². The van der Waals surface area contributed by atoms with Crippen LogP contribution in [0.4, 0.5) is 5.69 Å². The average molecular weight is 335 g/mol. The number of benzene rings is 1. The maximum absolute atomic E-state index is 5.45. The summed E-state index contributed by atoms with van der Waals surface area (Å²) in [6.45, 7) is 4.99. The van der Waals surface area contributed by atoms with Gasteiger partial charge in [-0.05, 0) is 54.7 Å². The van der Waals surface area contributed by atoms with Gasteiger partial charge in [-0.15, -0.1) is 11.3 Å². The molecular weight excluding hydrogens is 310 g/mol. The van der Waals surface area contributed by atoms with Crippen LogP contribution in [0.15, 0.2) is 35.7 Å². The van der Waals surface area contributed by atoms with Crippen molar-refractivity contribution < 1.29 is 4.90 Å². The molecule has 118 valence electrons. The maximum atomic E-state index is 5.45. The van der Waals surface area contributed by atoms with Crippen molar-refractivity contribution in [2.45, 2.75) is 19.9 Å². The molecule has 3 nitrogen and oxygen atoms in total. The van der Waals surface area contributed by atoms with E-state index in [1.165, 1.54) is 20.9 Å². The third kappa shape index (κ3) is 4.53. The molecule has 0 amide bonds. The number of hydrogen-bond donors (Lipinski definition) is 3. The Hall–Kier alpha value is -1.43. The van der Waals surface area contributed by atoms with Gasteiger partial charge in [0.1, 0.15) is 6.04 Å². The Morgan fingerprint density at radius 3 is 2.68 bits per heavy atom. The van der Waals surface area contributed by atoms with Crippen molar-refractivity contribution in [1.29, 1.82) is 0 Å². The van der Waals surface area contributed by atoms with Gasteiger partial charge in [0.05, 0.1) is 25.5 Å². The SMILES string of the molecule is Cc1ccc(C)c(NC(=S)NC[C@H](c2cccs2)[NH+](C)C)c1. The molecule has 0 aliphatic heterocycles. The second-order valence-electron chi connectivity index (χ2n) is 5.80. The minimum Gasteiger partial charge on any atom is -0.356 e. The summed E-state index contributed by atoms with van der Waals surface area (Å²) in [5.74, 6) is 0. The van der Waals surface area contributed by atoms with Crippen LogP contribution in [0.25, 0.3) is 0 Å². The van der Waals surface area contributed by atoms with E-state index in [1.807, 2.05) is 0 Å². The quantitative estimate of drug-likeness (QED) is 0.734. The van der Waals surface area contributed by atoms with Crippen LogP contribution in [0.5, 0.6) is 0 Å².